The molecule has 0 fully saturated rings. The number of nitrogen functional groups attached to an aromatic ring is 1. The molecule has 3 N–H and O–H groups in total. The van der Waals surface area contributed by atoms with Crippen LogP contribution >= 0.6 is 11.3 Å². The zero-order chi connectivity index (χ0) is 14.1. The zero-order valence-corrected chi connectivity index (χ0v) is 11.6. The number of pyridine rings is 1. The SMILES string of the molecule is CC(Nc1c(F)cc(N)c2cccnc12)c1nccs1. The first-order valence-corrected chi connectivity index (χ1v) is 7.03. The van der Waals surface area contributed by atoms with Gasteiger partial charge in [-0.1, -0.05) is 0 Å². The monoisotopic (exact) mass is 288 g/mol. The minimum atomic E-state index is -0.405. The van der Waals surface area contributed by atoms with Gasteiger partial charge in [0.1, 0.15) is 5.01 Å². The number of nitrogens with one attached hydrogen (secondary N) is 1. The summed E-state index contributed by atoms with van der Waals surface area (Å²) in [4.78, 5) is 8.47. The standard InChI is InChI=1S/C14H13FN4S/c1-8(14-18-5-6-20-14)19-13-10(15)7-11(16)9-3-2-4-17-12(9)13/h2-8,19H,16H2,1H3. The normalized spacial score (nSPS) is 12.5. The highest BCUT2D eigenvalue weighted by atomic mass is 32.1. The molecule has 3 rings (SSSR count). The van der Waals surface area contributed by atoms with Crippen molar-refractivity contribution < 1.29 is 4.39 Å². The average Bonchev–Trinajstić information content (AvgIpc) is 2.97. The van der Waals surface area contributed by atoms with Crippen molar-refractivity contribution in [1.29, 1.82) is 0 Å². The van der Waals surface area contributed by atoms with Crippen LogP contribution in [0.25, 0.3) is 10.9 Å². The van der Waals surface area contributed by atoms with Crippen molar-refractivity contribution in [3.63, 3.8) is 0 Å². The van der Waals surface area contributed by atoms with Gasteiger partial charge in [-0.25, -0.2) is 9.37 Å². The molecule has 0 aliphatic heterocycles. The molecule has 0 saturated heterocycles. The number of halogens is 1. The Hall–Kier alpha value is -2.21. The van der Waals surface area contributed by atoms with Crippen molar-refractivity contribution >= 4 is 33.6 Å². The van der Waals surface area contributed by atoms with Crippen molar-refractivity contribution in [2.75, 3.05) is 11.1 Å². The van der Waals surface area contributed by atoms with Gasteiger partial charge in [0.2, 0.25) is 0 Å². The second-order valence-corrected chi connectivity index (χ2v) is 5.38. The molecule has 0 aliphatic carbocycles. The van der Waals surface area contributed by atoms with E-state index in [1.165, 1.54) is 17.4 Å². The zero-order valence-electron chi connectivity index (χ0n) is 10.8. The Bertz CT molecular complexity index is 742. The molecule has 0 saturated carbocycles. The fourth-order valence-corrected chi connectivity index (χ4v) is 2.75. The number of thiazole rings is 1. The van der Waals surface area contributed by atoms with E-state index in [1.54, 1.807) is 18.5 Å². The van der Waals surface area contributed by atoms with E-state index < -0.39 is 5.82 Å². The molecule has 3 aromatic rings. The third-order valence-corrected chi connectivity index (χ3v) is 4.02. The van der Waals surface area contributed by atoms with Crippen LogP contribution in [0.15, 0.2) is 36.0 Å². The highest BCUT2D eigenvalue weighted by Gasteiger charge is 2.15. The largest absolute Gasteiger partial charge is 0.398 e. The Kier molecular flexibility index (Phi) is 3.23. The van der Waals surface area contributed by atoms with E-state index in [2.05, 4.69) is 15.3 Å². The van der Waals surface area contributed by atoms with Gasteiger partial charge in [-0.2, -0.15) is 0 Å². The van der Waals surface area contributed by atoms with E-state index in [0.717, 1.165) is 10.4 Å². The van der Waals surface area contributed by atoms with Gasteiger partial charge in [0, 0.05) is 28.8 Å². The Morgan fingerprint density at radius 1 is 1.35 bits per heavy atom. The summed E-state index contributed by atoms with van der Waals surface area (Å²) in [6, 6.07) is 4.83. The van der Waals surface area contributed by atoms with Crippen LogP contribution in [0.5, 0.6) is 0 Å². The smallest absolute Gasteiger partial charge is 0.150 e. The van der Waals surface area contributed by atoms with Gasteiger partial charge >= 0.3 is 0 Å². The molecule has 0 bridgehead atoms. The van der Waals surface area contributed by atoms with Crippen molar-refractivity contribution in [3.8, 4) is 0 Å². The van der Waals surface area contributed by atoms with Crippen LogP contribution in [0, 0.1) is 5.82 Å². The van der Waals surface area contributed by atoms with Gasteiger partial charge in [-0.05, 0) is 25.1 Å². The predicted octanol–water partition coefficient (Wildman–Crippen LogP) is 3.59. The van der Waals surface area contributed by atoms with Gasteiger partial charge < -0.3 is 11.1 Å². The summed E-state index contributed by atoms with van der Waals surface area (Å²) in [5, 5.41) is 6.66. The van der Waals surface area contributed by atoms with Crippen molar-refractivity contribution in [2.45, 2.75) is 13.0 Å². The Labute approximate surface area is 119 Å². The number of hydrogen-bond donors (Lipinski definition) is 2. The second kappa shape index (κ2) is 5.05. The second-order valence-electron chi connectivity index (χ2n) is 4.46. The molecule has 102 valence electrons. The first-order chi connectivity index (χ1) is 9.66. The molecule has 6 heteroatoms. The maximum atomic E-state index is 14.2. The van der Waals surface area contributed by atoms with Gasteiger partial charge in [-0.15, -0.1) is 11.3 Å². The van der Waals surface area contributed by atoms with Crippen LogP contribution in [0.2, 0.25) is 0 Å². The predicted molar refractivity (Wildman–Crippen MR) is 80.3 cm³/mol. The van der Waals surface area contributed by atoms with Gasteiger partial charge in [-0.3, -0.25) is 4.98 Å². The number of benzene rings is 1. The molecule has 2 aromatic heterocycles. The number of nitrogens with two attached hydrogens (primary N) is 1. The summed E-state index contributed by atoms with van der Waals surface area (Å²) in [5.74, 6) is -0.405. The number of anilines is 2. The van der Waals surface area contributed by atoms with Crippen LogP contribution in [-0.2, 0) is 0 Å². The summed E-state index contributed by atoms with van der Waals surface area (Å²) in [5.41, 5.74) is 7.11. The Morgan fingerprint density at radius 2 is 2.20 bits per heavy atom. The van der Waals surface area contributed by atoms with Crippen LogP contribution in [-0.4, -0.2) is 9.97 Å². The topological polar surface area (TPSA) is 63.8 Å². The summed E-state index contributed by atoms with van der Waals surface area (Å²) in [7, 11) is 0. The Morgan fingerprint density at radius 3 is 2.95 bits per heavy atom. The lowest BCUT2D eigenvalue weighted by Gasteiger charge is -2.16. The molecule has 0 aliphatic rings. The number of nitrogens with zero attached hydrogens (tertiary/aromatic N) is 2. The number of aromatic nitrogens is 2. The summed E-state index contributed by atoms with van der Waals surface area (Å²) >= 11 is 1.52. The molecular weight excluding hydrogens is 275 g/mol. The van der Waals surface area contributed by atoms with Crippen LogP contribution in [0.3, 0.4) is 0 Å². The van der Waals surface area contributed by atoms with E-state index in [4.69, 9.17) is 5.73 Å². The molecule has 1 unspecified atom stereocenters. The molecule has 20 heavy (non-hydrogen) atoms. The molecule has 4 nitrogen and oxygen atoms in total. The fraction of sp³-hybridized carbons (Fsp3) is 0.143. The van der Waals surface area contributed by atoms with Crippen LogP contribution in [0.1, 0.15) is 18.0 Å². The van der Waals surface area contributed by atoms with Crippen molar-refractivity contribution in [2.24, 2.45) is 0 Å². The van der Waals surface area contributed by atoms with Gasteiger partial charge in [0.25, 0.3) is 0 Å². The molecular formula is C14H13FN4S. The molecule has 1 atom stereocenters. The number of rotatable bonds is 3. The summed E-state index contributed by atoms with van der Waals surface area (Å²) in [6.45, 7) is 1.93. The van der Waals surface area contributed by atoms with E-state index in [0.29, 0.717) is 16.9 Å². The number of fused-ring (bicyclic) bond motifs is 1. The highest BCUT2D eigenvalue weighted by molar-refractivity contribution is 7.09. The first kappa shape index (κ1) is 12.8. The third kappa shape index (κ3) is 2.18. The van der Waals surface area contributed by atoms with Crippen LogP contribution < -0.4 is 11.1 Å². The average molecular weight is 288 g/mol. The Balaban J connectivity index is 2.07. The lowest BCUT2D eigenvalue weighted by Crippen LogP contribution is -2.09. The van der Waals surface area contributed by atoms with E-state index in [-0.39, 0.29) is 6.04 Å². The lowest BCUT2D eigenvalue weighted by atomic mass is 10.1. The third-order valence-electron chi connectivity index (χ3n) is 3.06. The summed E-state index contributed by atoms with van der Waals surface area (Å²) < 4.78 is 14.2. The van der Waals surface area contributed by atoms with Crippen molar-refractivity contribution in [1.82, 2.24) is 9.97 Å². The molecule has 1 aromatic carbocycles. The fourth-order valence-electron chi connectivity index (χ4n) is 2.10. The van der Waals surface area contributed by atoms with Gasteiger partial charge in [0.15, 0.2) is 5.82 Å². The maximum absolute atomic E-state index is 14.2. The highest BCUT2D eigenvalue weighted by Crippen LogP contribution is 2.32. The molecule has 2 heterocycles. The quantitative estimate of drug-likeness (QED) is 0.723. The molecule has 0 amide bonds. The lowest BCUT2D eigenvalue weighted by molar-refractivity contribution is 0.629. The minimum Gasteiger partial charge on any atom is -0.398 e. The van der Waals surface area contributed by atoms with E-state index >= 15 is 0 Å². The number of hydrogen-bond acceptors (Lipinski definition) is 5. The summed E-state index contributed by atoms with van der Waals surface area (Å²) in [6.07, 6.45) is 3.36. The minimum absolute atomic E-state index is 0.0988. The van der Waals surface area contributed by atoms with Gasteiger partial charge in [0.05, 0.1) is 17.2 Å². The van der Waals surface area contributed by atoms with Crippen LogP contribution in [0.4, 0.5) is 15.8 Å². The maximum Gasteiger partial charge on any atom is 0.150 e. The molecule has 0 radical (unpaired) electrons. The van der Waals surface area contributed by atoms with Crippen molar-refractivity contribution in [3.05, 3.63) is 46.8 Å². The molecule has 0 spiro atoms. The first-order valence-electron chi connectivity index (χ1n) is 6.15. The van der Waals surface area contributed by atoms with E-state index in [1.807, 2.05) is 18.4 Å². The van der Waals surface area contributed by atoms with E-state index in [9.17, 15) is 4.39 Å².